The van der Waals surface area contributed by atoms with Gasteiger partial charge in [-0.05, 0) is 36.4 Å². The summed E-state index contributed by atoms with van der Waals surface area (Å²) >= 11 is 1.45. The number of rotatable bonds is 4. The SMILES string of the molecule is COc1ccc(-c2csc(N[C@H]3OC(=O)c4c#cccc43)n2)cc1. The summed E-state index contributed by atoms with van der Waals surface area (Å²) < 4.78 is 10.5. The number of nitrogens with one attached hydrogen (secondary N) is 1. The van der Waals surface area contributed by atoms with Crippen molar-refractivity contribution in [1.29, 1.82) is 0 Å². The Morgan fingerprint density at radius 2 is 2.12 bits per heavy atom. The van der Waals surface area contributed by atoms with Gasteiger partial charge in [0.2, 0.25) is 6.23 Å². The molecule has 1 atom stereocenters. The number of nitrogens with zero attached hydrogens (tertiary/aromatic N) is 1. The van der Waals surface area contributed by atoms with Crippen LogP contribution < -0.4 is 10.1 Å². The molecule has 4 rings (SSSR count). The Labute approximate surface area is 142 Å². The van der Waals surface area contributed by atoms with Crippen LogP contribution in [0.1, 0.15) is 22.1 Å². The monoisotopic (exact) mass is 336 g/mol. The van der Waals surface area contributed by atoms with Crippen molar-refractivity contribution in [1.82, 2.24) is 4.98 Å². The van der Waals surface area contributed by atoms with E-state index in [2.05, 4.69) is 22.4 Å². The lowest BCUT2D eigenvalue weighted by Crippen LogP contribution is -2.09. The number of anilines is 1. The highest BCUT2D eigenvalue weighted by Gasteiger charge is 2.31. The van der Waals surface area contributed by atoms with Crippen molar-refractivity contribution in [2.45, 2.75) is 6.23 Å². The second-order valence-corrected chi connectivity index (χ2v) is 5.99. The van der Waals surface area contributed by atoms with Gasteiger partial charge in [-0.2, -0.15) is 0 Å². The number of hydrogen-bond donors (Lipinski definition) is 1. The third-order valence-electron chi connectivity index (χ3n) is 3.69. The fourth-order valence-electron chi connectivity index (χ4n) is 2.47. The minimum Gasteiger partial charge on any atom is -0.497 e. The van der Waals surface area contributed by atoms with Gasteiger partial charge in [-0.1, -0.05) is 12.1 Å². The number of carbonyl (C=O) groups is 1. The highest BCUT2D eigenvalue weighted by molar-refractivity contribution is 7.14. The predicted molar refractivity (Wildman–Crippen MR) is 90.0 cm³/mol. The van der Waals surface area contributed by atoms with Gasteiger partial charge in [0.1, 0.15) is 11.3 Å². The number of thiazole rings is 1. The summed E-state index contributed by atoms with van der Waals surface area (Å²) in [5.41, 5.74) is 3.01. The molecule has 0 fully saturated rings. The number of cyclic esters (lactones) is 1. The molecule has 0 saturated carbocycles. The van der Waals surface area contributed by atoms with Crippen LogP contribution in [0.3, 0.4) is 0 Å². The molecule has 1 N–H and O–H groups in total. The van der Waals surface area contributed by atoms with Gasteiger partial charge in [-0.25, -0.2) is 9.78 Å². The average Bonchev–Trinajstić information content (AvgIpc) is 3.21. The van der Waals surface area contributed by atoms with Gasteiger partial charge in [0.25, 0.3) is 0 Å². The largest absolute Gasteiger partial charge is 0.497 e. The third kappa shape index (κ3) is 2.55. The van der Waals surface area contributed by atoms with Crippen molar-refractivity contribution >= 4 is 22.4 Å². The standard InChI is InChI=1S/C18H12N2O3S/c1-22-12-8-6-11(7-9-12)15-10-24-18(19-15)20-16-13-4-2-3-5-14(13)17(21)23-16/h2,4,6-10,16H,1H3,(H,19,20)/t16-/m0/s1. The predicted octanol–water partition coefficient (Wildman–Crippen LogP) is 3.70. The van der Waals surface area contributed by atoms with Crippen molar-refractivity contribution in [2.24, 2.45) is 0 Å². The van der Waals surface area contributed by atoms with Gasteiger partial charge in [0.15, 0.2) is 5.13 Å². The maximum absolute atomic E-state index is 11.8. The molecule has 0 saturated heterocycles. The number of benzene rings is 1. The molecule has 0 unspecified atom stereocenters. The summed E-state index contributed by atoms with van der Waals surface area (Å²) in [6.07, 6.45) is -0.548. The molecule has 3 aromatic rings. The first-order valence-electron chi connectivity index (χ1n) is 7.24. The average molecular weight is 336 g/mol. The molecule has 5 nitrogen and oxygen atoms in total. The topological polar surface area (TPSA) is 60.5 Å². The van der Waals surface area contributed by atoms with Crippen LogP contribution in [-0.4, -0.2) is 18.1 Å². The highest BCUT2D eigenvalue weighted by atomic mass is 32.1. The van der Waals surface area contributed by atoms with Crippen LogP contribution in [0.4, 0.5) is 5.13 Å². The molecule has 0 radical (unpaired) electrons. The lowest BCUT2D eigenvalue weighted by atomic mass is 10.1. The van der Waals surface area contributed by atoms with E-state index in [-0.39, 0.29) is 0 Å². The lowest BCUT2D eigenvalue weighted by Gasteiger charge is -2.11. The number of fused-ring (bicyclic) bond motifs is 1. The number of carbonyl (C=O) groups excluding carboxylic acids is 1. The second kappa shape index (κ2) is 5.87. The fraction of sp³-hybridized carbons (Fsp3) is 0.111. The molecule has 2 heterocycles. The van der Waals surface area contributed by atoms with E-state index in [0.29, 0.717) is 10.7 Å². The minimum atomic E-state index is -0.548. The lowest BCUT2D eigenvalue weighted by molar-refractivity contribution is 0.0437. The molecule has 118 valence electrons. The second-order valence-electron chi connectivity index (χ2n) is 5.13. The number of esters is 1. The van der Waals surface area contributed by atoms with Crippen molar-refractivity contribution in [3.63, 3.8) is 0 Å². The summed E-state index contributed by atoms with van der Waals surface area (Å²) in [5, 5.41) is 5.78. The van der Waals surface area contributed by atoms with Gasteiger partial charge in [0.05, 0.1) is 12.8 Å². The van der Waals surface area contributed by atoms with Crippen molar-refractivity contribution in [3.05, 3.63) is 65.0 Å². The van der Waals surface area contributed by atoms with E-state index in [1.54, 1.807) is 19.2 Å². The first-order valence-corrected chi connectivity index (χ1v) is 8.12. The van der Waals surface area contributed by atoms with E-state index in [9.17, 15) is 4.79 Å². The summed E-state index contributed by atoms with van der Waals surface area (Å²) in [7, 11) is 1.63. The Hall–Kier alpha value is -3.04. The van der Waals surface area contributed by atoms with E-state index in [1.807, 2.05) is 29.6 Å². The molecule has 0 bridgehead atoms. The maximum atomic E-state index is 11.8. The zero-order valence-corrected chi connectivity index (χ0v) is 13.5. The maximum Gasteiger partial charge on any atom is 0.349 e. The first kappa shape index (κ1) is 14.5. The number of methoxy groups -OCH3 is 1. The highest BCUT2D eigenvalue weighted by Crippen LogP contribution is 2.33. The molecule has 0 spiro atoms. The van der Waals surface area contributed by atoms with E-state index >= 15 is 0 Å². The van der Waals surface area contributed by atoms with Gasteiger partial charge in [0, 0.05) is 16.5 Å². The van der Waals surface area contributed by atoms with Gasteiger partial charge in [-0.3, -0.25) is 0 Å². The quantitative estimate of drug-likeness (QED) is 0.736. The summed E-state index contributed by atoms with van der Waals surface area (Å²) in [4.78, 5) is 16.4. The van der Waals surface area contributed by atoms with E-state index in [1.165, 1.54) is 11.3 Å². The Morgan fingerprint density at radius 1 is 1.29 bits per heavy atom. The molecule has 1 aromatic heterocycles. The number of aromatic nitrogens is 1. The Kier molecular flexibility index (Phi) is 3.56. The van der Waals surface area contributed by atoms with Crippen LogP contribution in [0, 0.1) is 12.1 Å². The van der Waals surface area contributed by atoms with E-state index < -0.39 is 12.2 Å². The molecule has 6 heteroatoms. The van der Waals surface area contributed by atoms with Crippen LogP contribution in [0.2, 0.25) is 0 Å². The van der Waals surface area contributed by atoms with Gasteiger partial charge >= 0.3 is 5.97 Å². The summed E-state index contributed by atoms with van der Waals surface area (Å²) in [6, 6.07) is 16.7. The van der Waals surface area contributed by atoms with Crippen LogP contribution in [0.25, 0.3) is 11.3 Å². The Balaban J connectivity index is 1.55. The normalized spacial score (nSPS) is 15.4. The zero-order chi connectivity index (χ0) is 16.5. The van der Waals surface area contributed by atoms with E-state index in [4.69, 9.17) is 9.47 Å². The van der Waals surface area contributed by atoms with Crippen LogP contribution >= 0.6 is 11.3 Å². The molecule has 2 aromatic carbocycles. The van der Waals surface area contributed by atoms with E-state index in [0.717, 1.165) is 22.6 Å². The molecule has 24 heavy (non-hydrogen) atoms. The molecule has 1 aliphatic rings. The van der Waals surface area contributed by atoms with Crippen molar-refractivity contribution < 1.29 is 14.3 Å². The number of ether oxygens (including phenoxy) is 2. The Morgan fingerprint density at radius 3 is 2.92 bits per heavy atom. The minimum absolute atomic E-state index is 0.397. The molecule has 1 aliphatic heterocycles. The molecule has 0 aliphatic carbocycles. The molecular formula is C18H12N2O3S. The van der Waals surface area contributed by atoms with Gasteiger partial charge < -0.3 is 14.8 Å². The third-order valence-corrected chi connectivity index (χ3v) is 4.46. The molecular weight excluding hydrogens is 324 g/mol. The smallest absolute Gasteiger partial charge is 0.349 e. The summed E-state index contributed by atoms with van der Waals surface area (Å²) in [6.45, 7) is 0. The van der Waals surface area contributed by atoms with Crippen molar-refractivity contribution in [2.75, 3.05) is 12.4 Å². The van der Waals surface area contributed by atoms with Gasteiger partial charge in [-0.15, -0.1) is 11.3 Å². The van der Waals surface area contributed by atoms with Crippen LogP contribution in [0.15, 0.2) is 41.8 Å². The van der Waals surface area contributed by atoms with Crippen LogP contribution in [0.5, 0.6) is 5.75 Å². The zero-order valence-electron chi connectivity index (χ0n) is 12.7. The van der Waals surface area contributed by atoms with Crippen LogP contribution in [-0.2, 0) is 4.74 Å². The molecule has 0 amide bonds. The summed E-state index contributed by atoms with van der Waals surface area (Å²) in [5.74, 6) is 0.404. The Bertz CT molecular complexity index is 889. The number of hydrogen-bond acceptors (Lipinski definition) is 6. The van der Waals surface area contributed by atoms with Crippen molar-refractivity contribution in [3.8, 4) is 17.0 Å². The fourth-order valence-corrected chi connectivity index (χ4v) is 3.21. The first-order chi connectivity index (χ1) is 11.7.